The number of hydrogen-bond acceptors (Lipinski definition) is 5. The van der Waals surface area contributed by atoms with Gasteiger partial charge in [0.05, 0.1) is 6.61 Å². The van der Waals surface area contributed by atoms with Crippen molar-refractivity contribution < 1.29 is 9.53 Å². The molecule has 20 heavy (non-hydrogen) atoms. The lowest BCUT2D eigenvalue weighted by Crippen LogP contribution is -2.12. The molecule has 0 amide bonds. The highest BCUT2D eigenvalue weighted by molar-refractivity contribution is 7.15. The lowest BCUT2D eigenvalue weighted by Gasteiger charge is -2.08. The standard InChI is InChI=1S/C15H18N2O2S/c1-4-19-15(18)13-12(8-20-14(13)17-16)11-6-5-9(2)10(3)7-11/h5-8,17H,4,16H2,1-3H3. The topological polar surface area (TPSA) is 64.3 Å². The average molecular weight is 290 g/mol. The molecular formula is C15H18N2O2S. The van der Waals surface area contributed by atoms with E-state index in [9.17, 15) is 4.79 Å². The number of thiophene rings is 1. The second-order valence-electron chi connectivity index (χ2n) is 4.52. The monoisotopic (exact) mass is 290 g/mol. The molecule has 0 aliphatic heterocycles. The molecule has 2 rings (SSSR count). The van der Waals surface area contributed by atoms with Gasteiger partial charge < -0.3 is 10.2 Å². The molecule has 3 N–H and O–H groups in total. The first kappa shape index (κ1) is 14.6. The number of esters is 1. The number of nitrogens with one attached hydrogen (secondary N) is 1. The van der Waals surface area contributed by atoms with Crippen molar-refractivity contribution >= 4 is 22.3 Å². The summed E-state index contributed by atoms with van der Waals surface area (Å²) >= 11 is 1.40. The van der Waals surface area contributed by atoms with Crippen LogP contribution in [0.3, 0.4) is 0 Å². The summed E-state index contributed by atoms with van der Waals surface area (Å²) in [5.41, 5.74) is 7.32. The zero-order valence-corrected chi connectivity index (χ0v) is 12.6. The van der Waals surface area contributed by atoms with Crippen LogP contribution in [-0.4, -0.2) is 12.6 Å². The van der Waals surface area contributed by atoms with Crippen molar-refractivity contribution in [2.45, 2.75) is 20.8 Å². The molecular weight excluding hydrogens is 272 g/mol. The smallest absolute Gasteiger partial charge is 0.341 e. The summed E-state index contributed by atoms with van der Waals surface area (Å²) in [6.07, 6.45) is 0. The van der Waals surface area contributed by atoms with Gasteiger partial charge in [0.1, 0.15) is 10.6 Å². The molecule has 0 aliphatic carbocycles. The highest BCUT2D eigenvalue weighted by Gasteiger charge is 2.21. The van der Waals surface area contributed by atoms with Gasteiger partial charge in [0.15, 0.2) is 0 Å². The van der Waals surface area contributed by atoms with Crippen LogP contribution in [0, 0.1) is 13.8 Å². The Morgan fingerprint density at radius 1 is 1.35 bits per heavy atom. The van der Waals surface area contributed by atoms with E-state index in [2.05, 4.69) is 25.3 Å². The number of hydrogen-bond donors (Lipinski definition) is 2. The Morgan fingerprint density at radius 3 is 2.70 bits per heavy atom. The van der Waals surface area contributed by atoms with Crippen LogP contribution < -0.4 is 11.3 Å². The minimum Gasteiger partial charge on any atom is -0.462 e. The SMILES string of the molecule is CCOC(=O)c1c(-c2ccc(C)c(C)c2)csc1NN. The zero-order chi connectivity index (χ0) is 14.7. The number of anilines is 1. The molecule has 0 saturated carbocycles. The van der Waals surface area contributed by atoms with Crippen LogP contribution in [0.4, 0.5) is 5.00 Å². The van der Waals surface area contributed by atoms with Gasteiger partial charge in [-0.1, -0.05) is 18.2 Å². The molecule has 0 bridgehead atoms. The first-order valence-corrected chi connectivity index (χ1v) is 7.29. The van der Waals surface area contributed by atoms with E-state index in [1.807, 2.05) is 17.5 Å². The van der Waals surface area contributed by atoms with Crippen molar-refractivity contribution in [2.24, 2.45) is 5.84 Å². The van der Waals surface area contributed by atoms with Crippen molar-refractivity contribution in [2.75, 3.05) is 12.0 Å². The molecule has 0 radical (unpaired) electrons. The van der Waals surface area contributed by atoms with Gasteiger partial charge in [-0.15, -0.1) is 11.3 Å². The quantitative estimate of drug-likeness (QED) is 0.514. The van der Waals surface area contributed by atoms with E-state index in [-0.39, 0.29) is 5.97 Å². The Bertz CT molecular complexity index is 635. The number of aryl methyl sites for hydroxylation is 2. The van der Waals surface area contributed by atoms with Crippen LogP contribution in [0.15, 0.2) is 23.6 Å². The van der Waals surface area contributed by atoms with Gasteiger partial charge in [-0.2, -0.15) is 0 Å². The highest BCUT2D eigenvalue weighted by atomic mass is 32.1. The molecule has 5 heteroatoms. The second-order valence-corrected chi connectivity index (χ2v) is 5.40. The number of hydrazine groups is 1. The van der Waals surface area contributed by atoms with Gasteiger partial charge in [0, 0.05) is 10.9 Å². The number of ether oxygens (including phenoxy) is 1. The summed E-state index contributed by atoms with van der Waals surface area (Å²) in [5.74, 6) is 5.13. The minimum absolute atomic E-state index is 0.338. The largest absolute Gasteiger partial charge is 0.462 e. The third-order valence-electron chi connectivity index (χ3n) is 3.22. The van der Waals surface area contributed by atoms with Gasteiger partial charge in [0.25, 0.3) is 0 Å². The number of carbonyl (C=O) groups is 1. The Labute approximate surface area is 122 Å². The number of nitrogen functional groups attached to an aromatic ring is 1. The maximum Gasteiger partial charge on any atom is 0.341 e. The number of carbonyl (C=O) groups excluding carboxylic acids is 1. The van der Waals surface area contributed by atoms with Gasteiger partial charge in [-0.25, -0.2) is 10.6 Å². The van der Waals surface area contributed by atoms with Gasteiger partial charge in [0.2, 0.25) is 0 Å². The molecule has 0 fully saturated rings. The molecule has 106 valence electrons. The molecule has 0 saturated heterocycles. The number of benzene rings is 1. The second kappa shape index (κ2) is 6.07. The fourth-order valence-corrected chi connectivity index (χ4v) is 2.86. The fraction of sp³-hybridized carbons (Fsp3) is 0.267. The lowest BCUT2D eigenvalue weighted by molar-refractivity contribution is 0.0529. The zero-order valence-electron chi connectivity index (χ0n) is 11.8. The van der Waals surface area contributed by atoms with E-state index in [0.717, 1.165) is 11.1 Å². The van der Waals surface area contributed by atoms with E-state index in [1.165, 1.54) is 22.5 Å². The maximum absolute atomic E-state index is 12.1. The Hall–Kier alpha value is -1.85. The third-order valence-corrected chi connectivity index (χ3v) is 4.13. The van der Waals surface area contributed by atoms with Gasteiger partial charge in [-0.05, 0) is 37.5 Å². The van der Waals surface area contributed by atoms with Crippen LogP contribution >= 0.6 is 11.3 Å². The first-order valence-electron chi connectivity index (χ1n) is 6.41. The molecule has 1 aromatic heterocycles. The van der Waals surface area contributed by atoms with Crippen molar-refractivity contribution in [1.29, 1.82) is 0 Å². The number of nitrogens with two attached hydrogens (primary N) is 1. The molecule has 4 nitrogen and oxygen atoms in total. The maximum atomic E-state index is 12.1. The van der Waals surface area contributed by atoms with Gasteiger partial charge >= 0.3 is 5.97 Å². The highest BCUT2D eigenvalue weighted by Crippen LogP contribution is 2.36. The van der Waals surface area contributed by atoms with Crippen LogP contribution in [0.1, 0.15) is 28.4 Å². The van der Waals surface area contributed by atoms with Crippen LogP contribution in [0.25, 0.3) is 11.1 Å². The van der Waals surface area contributed by atoms with Crippen molar-refractivity contribution in [3.8, 4) is 11.1 Å². The van der Waals surface area contributed by atoms with Crippen molar-refractivity contribution in [1.82, 2.24) is 0 Å². The molecule has 1 aromatic carbocycles. The summed E-state index contributed by atoms with van der Waals surface area (Å²) in [6.45, 7) is 6.24. The summed E-state index contributed by atoms with van der Waals surface area (Å²) in [5, 5.41) is 2.54. The average Bonchev–Trinajstić information content (AvgIpc) is 2.86. The van der Waals surface area contributed by atoms with E-state index < -0.39 is 0 Å². The molecule has 1 heterocycles. The predicted octanol–water partition coefficient (Wildman–Crippen LogP) is 3.49. The van der Waals surface area contributed by atoms with Crippen LogP contribution in [0.5, 0.6) is 0 Å². The molecule has 2 aromatic rings. The summed E-state index contributed by atoms with van der Waals surface area (Å²) in [7, 11) is 0. The summed E-state index contributed by atoms with van der Waals surface area (Å²) < 4.78 is 5.12. The van der Waals surface area contributed by atoms with E-state index in [0.29, 0.717) is 17.2 Å². The Kier molecular flexibility index (Phi) is 4.42. The van der Waals surface area contributed by atoms with E-state index in [4.69, 9.17) is 10.6 Å². The summed E-state index contributed by atoms with van der Waals surface area (Å²) in [4.78, 5) is 12.1. The van der Waals surface area contributed by atoms with Crippen LogP contribution in [0.2, 0.25) is 0 Å². The Morgan fingerprint density at radius 2 is 2.10 bits per heavy atom. The minimum atomic E-state index is -0.352. The van der Waals surface area contributed by atoms with E-state index in [1.54, 1.807) is 6.92 Å². The lowest BCUT2D eigenvalue weighted by atomic mass is 9.99. The third kappa shape index (κ3) is 2.69. The van der Waals surface area contributed by atoms with E-state index >= 15 is 0 Å². The van der Waals surface area contributed by atoms with Crippen molar-refractivity contribution in [3.05, 3.63) is 40.3 Å². The normalized spacial score (nSPS) is 10.4. The predicted molar refractivity (Wildman–Crippen MR) is 83.0 cm³/mol. The molecule has 0 atom stereocenters. The Balaban J connectivity index is 2.53. The first-order chi connectivity index (χ1) is 9.58. The molecule has 0 unspecified atom stereocenters. The summed E-state index contributed by atoms with van der Waals surface area (Å²) in [6, 6.07) is 6.13. The van der Waals surface area contributed by atoms with Crippen molar-refractivity contribution in [3.63, 3.8) is 0 Å². The molecule has 0 spiro atoms. The fourth-order valence-electron chi connectivity index (χ4n) is 1.99. The van der Waals surface area contributed by atoms with Gasteiger partial charge in [-0.3, -0.25) is 0 Å². The number of rotatable bonds is 4. The van der Waals surface area contributed by atoms with Crippen LogP contribution in [-0.2, 0) is 4.74 Å². The molecule has 0 aliphatic rings.